The summed E-state index contributed by atoms with van der Waals surface area (Å²) in [6, 6.07) is 6.95. The molecule has 1 aromatic rings. The molecule has 2 amide bonds. The zero-order valence-electron chi connectivity index (χ0n) is 15.7. The zero-order valence-corrected chi connectivity index (χ0v) is 15.7. The van der Waals surface area contributed by atoms with Gasteiger partial charge in [0.05, 0.1) is 5.92 Å². The molecular weight excluding hydrogens is 344 g/mol. The first-order chi connectivity index (χ1) is 13.0. The van der Waals surface area contributed by atoms with E-state index in [1.54, 1.807) is 29.2 Å². The third-order valence-electron chi connectivity index (χ3n) is 5.80. The summed E-state index contributed by atoms with van der Waals surface area (Å²) in [7, 11) is 0. The predicted octanol–water partition coefficient (Wildman–Crippen LogP) is 3.53. The first-order valence-corrected chi connectivity index (χ1v) is 9.95. The van der Waals surface area contributed by atoms with Gasteiger partial charge in [-0.3, -0.25) is 14.4 Å². The lowest BCUT2D eigenvalue weighted by Gasteiger charge is -2.30. The van der Waals surface area contributed by atoms with Gasteiger partial charge in [-0.1, -0.05) is 25.7 Å². The molecule has 1 aromatic carbocycles. The molecule has 0 unspecified atom stereocenters. The Balaban J connectivity index is 1.47. The van der Waals surface area contributed by atoms with Gasteiger partial charge in [-0.25, -0.2) is 0 Å². The lowest BCUT2D eigenvalue weighted by atomic mass is 9.96. The Labute approximate surface area is 159 Å². The first kappa shape index (κ1) is 19.4. The molecule has 1 saturated heterocycles. The molecule has 27 heavy (non-hydrogen) atoms. The molecule has 6 nitrogen and oxygen atoms in total. The minimum atomic E-state index is -0.782. The molecular formula is C21H28N2O4. The van der Waals surface area contributed by atoms with Gasteiger partial charge in [0.1, 0.15) is 0 Å². The van der Waals surface area contributed by atoms with Crippen LogP contribution < -0.4 is 5.32 Å². The average molecular weight is 372 g/mol. The maximum Gasteiger partial charge on any atom is 0.306 e. The highest BCUT2D eigenvalue weighted by atomic mass is 16.4. The Morgan fingerprint density at radius 3 is 2.22 bits per heavy atom. The second kappa shape index (κ2) is 9.02. The number of nitrogens with zero attached hydrogens (tertiary/aromatic N) is 1. The van der Waals surface area contributed by atoms with Gasteiger partial charge in [-0.2, -0.15) is 0 Å². The van der Waals surface area contributed by atoms with E-state index in [2.05, 4.69) is 5.32 Å². The number of carboxylic acids is 1. The number of aliphatic carboxylic acids is 1. The average Bonchev–Trinajstić information content (AvgIpc) is 3.20. The van der Waals surface area contributed by atoms with E-state index in [-0.39, 0.29) is 17.7 Å². The maximum atomic E-state index is 12.6. The molecule has 0 spiro atoms. The monoisotopic (exact) mass is 372 g/mol. The number of anilines is 1. The van der Waals surface area contributed by atoms with E-state index in [4.69, 9.17) is 5.11 Å². The maximum absolute atomic E-state index is 12.6. The molecule has 0 aromatic heterocycles. The number of nitrogens with one attached hydrogen (secondary N) is 1. The van der Waals surface area contributed by atoms with Crippen LogP contribution in [0.5, 0.6) is 0 Å². The van der Waals surface area contributed by atoms with E-state index in [0.29, 0.717) is 49.5 Å². The van der Waals surface area contributed by atoms with E-state index in [1.165, 1.54) is 25.7 Å². The molecule has 1 aliphatic carbocycles. The molecule has 0 atom stereocenters. The van der Waals surface area contributed by atoms with Gasteiger partial charge in [0.25, 0.3) is 5.91 Å². The number of hydrogen-bond acceptors (Lipinski definition) is 3. The van der Waals surface area contributed by atoms with Crippen LogP contribution in [0.4, 0.5) is 5.69 Å². The van der Waals surface area contributed by atoms with Gasteiger partial charge in [-0.05, 0) is 49.4 Å². The van der Waals surface area contributed by atoms with Crippen molar-refractivity contribution in [2.45, 2.75) is 51.4 Å². The molecule has 0 radical (unpaired) electrons. The zero-order chi connectivity index (χ0) is 19.2. The number of carboxylic acid groups (broad SMARTS) is 1. The summed E-state index contributed by atoms with van der Waals surface area (Å²) < 4.78 is 0. The Bertz CT molecular complexity index is 672. The van der Waals surface area contributed by atoms with Gasteiger partial charge in [0.15, 0.2) is 0 Å². The van der Waals surface area contributed by atoms with Crippen LogP contribution >= 0.6 is 0 Å². The number of carbonyl (C=O) groups is 3. The van der Waals surface area contributed by atoms with Crippen molar-refractivity contribution in [1.29, 1.82) is 0 Å². The summed E-state index contributed by atoms with van der Waals surface area (Å²) in [6.07, 6.45) is 7.55. The summed E-state index contributed by atoms with van der Waals surface area (Å²) in [4.78, 5) is 37.3. The third-order valence-corrected chi connectivity index (χ3v) is 5.80. The minimum absolute atomic E-state index is 0.0247. The lowest BCUT2D eigenvalue weighted by Crippen LogP contribution is -2.40. The van der Waals surface area contributed by atoms with Crippen LogP contribution in [0, 0.1) is 11.8 Å². The summed E-state index contributed by atoms with van der Waals surface area (Å²) in [5, 5.41) is 11.9. The van der Waals surface area contributed by atoms with Crippen LogP contribution in [0.2, 0.25) is 0 Å². The minimum Gasteiger partial charge on any atom is -0.481 e. The van der Waals surface area contributed by atoms with Crippen molar-refractivity contribution in [3.63, 3.8) is 0 Å². The van der Waals surface area contributed by atoms with E-state index in [9.17, 15) is 14.4 Å². The standard InChI is InChI=1S/C21H28N2O4/c24-19(10-5-15-3-1-2-4-15)22-18-8-6-16(7-9-18)20(25)23-13-11-17(12-14-23)21(26)27/h6-9,15,17H,1-5,10-14H2,(H,22,24)(H,26,27). The highest BCUT2D eigenvalue weighted by molar-refractivity contribution is 5.96. The molecule has 1 heterocycles. The molecule has 1 saturated carbocycles. The lowest BCUT2D eigenvalue weighted by molar-refractivity contribution is -0.143. The van der Waals surface area contributed by atoms with Crippen molar-refractivity contribution in [2.24, 2.45) is 11.8 Å². The van der Waals surface area contributed by atoms with E-state index < -0.39 is 5.97 Å². The smallest absolute Gasteiger partial charge is 0.306 e. The normalized spacial score (nSPS) is 18.4. The van der Waals surface area contributed by atoms with E-state index in [1.807, 2.05) is 0 Å². The van der Waals surface area contributed by atoms with Crippen molar-refractivity contribution in [1.82, 2.24) is 4.90 Å². The fourth-order valence-corrected chi connectivity index (χ4v) is 4.07. The quantitative estimate of drug-likeness (QED) is 0.800. The molecule has 3 rings (SSSR count). The third kappa shape index (κ3) is 5.31. The molecule has 2 fully saturated rings. The van der Waals surface area contributed by atoms with Crippen LogP contribution in [0.1, 0.15) is 61.7 Å². The van der Waals surface area contributed by atoms with Gasteiger partial charge >= 0.3 is 5.97 Å². The Morgan fingerprint density at radius 1 is 1.00 bits per heavy atom. The number of benzene rings is 1. The number of likely N-dealkylation sites (tertiary alicyclic amines) is 1. The molecule has 6 heteroatoms. The first-order valence-electron chi connectivity index (χ1n) is 9.95. The Kier molecular flexibility index (Phi) is 6.48. The van der Waals surface area contributed by atoms with Gasteiger partial charge in [0, 0.05) is 30.8 Å². The van der Waals surface area contributed by atoms with Gasteiger partial charge in [0.2, 0.25) is 5.91 Å². The fraction of sp³-hybridized carbons (Fsp3) is 0.571. The van der Waals surface area contributed by atoms with Gasteiger partial charge in [-0.15, -0.1) is 0 Å². The van der Waals surface area contributed by atoms with E-state index >= 15 is 0 Å². The van der Waals surface area contributed by atoms with Crippen LogP contribution in [0.3, 0.4) is 0 Å². The Hall–Kier alpha value is -2.37. The summed E-state index contributed by atoms with van der Waals surface area (Å²) >= 11 is 0. The van der Waals surface area contributed by atoms with Crippen molar-refractivity contribution >= 4 is 23.5 Å². The predicted molar refractivity (Wildman–Crippen MR) is 103 cm³/mol. The fourth-order valence-electron chi connectivity index (χ4n) is 4.07. The molecule has 146 valence electrons. The van der Waals surface area contributed by atoms with Crippen LogP contribution in [-0.2, 0) is 9.59 Å². The summed E-state index contributed by atoms with van der Waals surface area (Å²) in [5.41, 5.74) is 1.26. The highest BCUT2D eigenvalue weighted by Gasteiger charge is 2.27. The van der Waals surface area contributed by atoms with E-state index in [0.717, 1.165) is 6.42 Å². The second-order valence-electron chi connectivity index (χ2n) is 7.72. The van der Waals surface area contributed by atoms with Crippen LogP contribution in [0.25, 0.3) is 0 Å². The topological polar surface area (TPSA) is 86.7 Å². The summed E-state index contributed by atoms with van der Waals surface area (Å²) in [5.74, 6) is -0.498. The summed E-state index contributed by atoms with van der Waals surface area (Å²) in [6.45, 7) is 0.935. The van der Waals surface area contributed by atoms with Gasteiger partial charge < -0.3 is 15.3 Å². The van der Waals surface area contributed by atoms with Crippen molar-refractivity contribution in [3.8, 4) is 0 Å². The molecule has 2 N–H and O–H groups in total. The van der Waals surface area contributed by atoms with Crippen molar-refractivity contribution in [3.05, 3.63) is 29.8 Å². The van der Waals surface area contributed by atoms with Crippen LogP contribution in [-0.4, -0.2) is 40.9 Å². The highest BCUT2D eigenvalue weighted by Crippen LogP contribution is 2.28. The SMILES string of the molecule is O=C(CCC1CCCC1)Nc1ccc(C(=O)N2CCC(C(=O)O)CC2)cc1. The largest absolute Gasteiger partial charge is 0.481 e. The second-order valence-corrected chi connectivity index (χ2v) is 7.72. The number of amides is 2. The molecule has 0 bridgehead atoms. The number of hydrogen-bond donors (Lipinski definition) is 2. The van der Waals surface area contributed by atoms with Crippen molar-refractivity contribution in [2.75, 3.05) is 18.4 Å². The number of rotatable bonds is 6. The molecule has 1 aliphatic heterocycles. The number of piperidine rings is 1. The number of carbonyl (C=O) groups excluding carboxylic acids is 2. The van der Waals surface area contributed by atoms with Crippen molar-refractivity contribution < 1.29 is 19.5 Å². The van der Waals surface area contributed by atoms with Crippen LogP contribution in [0.15, 0.2) is 24.3 Å². The molecule has 2 aliphatic rings. The Morgan fingerprint density at radius 2 is 1.63 bits per heavy atom.